The van der Waals surface area contributed by atoms with E-state index in [9.17, 15) is 14.4 Å². The van der Waals surface area contributed by atoms with Crippen LogP contribution in [-0.4, -0.2) is 56.9 Å². The van der Waals surface area contributed by atoms with Crippen molar-refractivity contribution >= 4 is 52.2 Å². The first kappa shape index (κ1) is 19.7. The topological polar surface area (TPSA) is 88.2 Å². The van der Waals surface area contributed by atoms with E-state index >= 15 is 0 Å². The van der Waals surface area contributed by atoms with Crippen LogP contribution < -0.4 is 15.1 Å². The molecular weight excluding hydrogens is 424 g/mol. The first-order valence-electron chi connectivity index (χ1n) is 9.01. The van der Waals surface area contributed by atoms with Gasteiger partial charge in [-0.05, 0) is 36.4 Å². The number of halogens is 1. The molecule has 0 radical (unpaired) electrons. The van der Waals surface area contributed by atoms with Crippen LogP contribution in [0.25, 0.3) is 0 Å². The predicted octanol–water partition coefficient (Wildman–Crippen LogP) is 2.52. The maximum atomic E-state index is 12.2. The fourth-order valence-corrected chi connectivity index (χ4v) is 4.13. The summed E-state index contributed by atoms with van der Waals surface area (Å²) >= 11 is 7.03. The number of hydrogen-bond donors (Lipinski definition) is 1. The number of rotatable bonds is 5. The molecule has 0 bridgehead atoms. The number of benzene rings is 1. The van der Waals surface area contributed by atoms with Gasteiger partial charge in [0.05, 0.1) is 28.9 Å². The lowest BCUT2D eigenvalue weighted by molar-refractivity contribution is -0.125. The Hall–Kier alpha value is -2.62. The Balaban J connectivity index is 1.35. The quantitative estimate of drug-likeness (QED) is 0.720. The van der Waals surface area contributed by atoms with Gasteiger partial charge < -0.3 is 19.7 Å². The Labute approximate surface area is 175 Å². The maximum Gasteiger partial charge on any atom is 0.414 e. The molecule has 29 heavy (non-hydrogen) atoms. The first-order chi connectivity index (χ1) is 14.0. The van der Waals surface area contributed by atoms with Crippen molar-refractivity contribution in [2.75, 3.05) is 42.6 Å². The number of morpholine rings is 1. The van der Waals surface area contributed by atoms with Crippen molar-refractivity contribution in [3.05, 3.63) is 45.6 Å². The number of cyclic esters (lactones) is 1. The number of carbonyl (C=O) groups excluding carboxylic acids is 3. The lowest BCUT2D eigenvalue weighted by Gasteiger charge is -2.27. The van der Waals surface area contributed by atoms with Gasteiger partial charge in [0.1, 0.15) is 12.7 Å². The standard InChI is InChI=1S/C19H18ClN3O5S/c20-16-6-5-15(29-16)18(25)21-9-14-10-23(19(26)28-14)13-3-1-12(2-4-13)22-7-8-27-11-17(22)24/h1-6,14H,7-11H2,(H,21,25)/t14-/m0/s1/i5+1,6+1,9+1,15+1,16+1,18+1. The Bertz CT molecular complexity index is 932. The van der Waals surface area contributed by atoms with Crippen molar-refractivity contribution in [3.63, 3.8) is 0 Å². The van der Waals surface area contributed by atoms with Gasteiger partial charge in [0.15, 0.2) is 0 Å². The number of amides is 3. The molecule has 1 aromatic heterocycles. The molecule has 1 N–H and O–H groups in total. The summed E-state index contributed by atoms with van der Waals surface area (Å²) in [7, 11) is 0. The van der Waals surface area contributed by atoms with Crippen LogP contribution in [0.4, 0.5) is 16.2 Å². The molecule has 8 nitrogen and oxygen atoms in total. The summed E-state index contributed by atoms with van der Waals surface area (Å²) < 4.78 is 11.0. The second-order valence-corrected chi connectivity index (χ2v) is 8.26. The van der Waals surface area contributed by atoms with Gasteiger partial charge in [0.25, 0.3) is 11.8 Å². The summed E-state index contributed by atoms with van der Waals surface area (Å²) in [4.78, 5) is 39.9. The normalized spacial score (nSPS) is 19.4. The van der Waals surface area contributed by atoms with Gasteiger partial charge in [-0.1, -0.05) is 11.6 Å². The van der Waals surface area contributed by atoms with E-state index in [-0.39, 0.29) is 25.0 Å². The third-order valence-corrected chi connectivity index (χ3v) is 5.85. The third-order valence-electron chi connectivity index (χ3n) is 4.62. The maximum absolute atomic E-state index is 12.2. The fourth-order valence-electron chi connectivity index (χ4n) is 3.17. The van der Waals surface area contributed by atoms with Crippen molar-refractivity contribution in [1.82, 2.24) is 5.32 Å². The monoisotopic (exact) mass is 441 g/mol. The van der Waals surface area contributed by atoms with Crippen LogP contribution in [0.3, 0.4) is 0 Å². The highest BCUT2D eigenvalue weighted by atomic mass is 35.5. The van der Waals surface area contributed by atoms with Crippen molar-refractivity contribution < 1.29 is 23.9 Å². The summed E-state index contributed by atoms with van der Waals surface area (Å²) in [6, 6.07) is 10.4. The summed E-state index contributed by atoms with van der Waals surface area (Å²) in [5, 5.41) is 2.76. The van der Waals surface area contributed by atoms with E-state index < -0.39 is 12.2 Å². The van der Waals surface area contributed by atoms with Gasteiger partial charge >= 0.3 is 6.09 Å². The van der Waals surface area contributed by atoms with Gasteiger partial charge in [-0.25, -0.2) is 4.79 Å². The summed E-state index contributed by atoms with van der Waals surface area (Å²) in [5.74, 6) is -0.344. The van der Waals surface area contributed by atoms with E-state index in [0.29, 0.717) is 34.6 Å². The van der Waals surface area contributed by atoms with Gasteiger partial charge in [0, 0.05) is 17.9 Å². The molecule has 0 saturated carbocycles. The number of thiophene rings is 1. The molecule has 2 aliphatic rings. The number of carbonyl (C=O) groups is 3. The highest BCUT2D eigenvalue weighted by Crippen LogP contribution is 2.26. The molecule has 1 aromatic carbocycles. The van der Waals surface area contributed by atoms with E-state index in [0.717, 1.165) is 5.69 Å². The van der Waals surface area contributed by atoms with E-state index in [1.54, 1.807) is 41.3 Å². The van der Waals surface area contributed by atoms with Crippen molar-refractivity contribution in [2.45, 2.75) is 6.10 Å². The van der Waals surface area contributed by atoms with Gasteiger partial charge in [-0.3, -0.25) is 14.5 Å². The zero-order valence-corrected chi connectivity index (χ0v) is 16.9. The van der Waals surface area contributed by atoms with Crippen molar-refractivity contribution in [2.24, 2.45) is 0 Å². The minimum absolute atomic E-state index is 0.0747. The van der Waals surface area contributed by atoms with Crippen molar-refractivity contribution in [1.29, 1.82) is 0 Å². The highest BCUT2D eigenvalue weighted by Gasteiger charge is 2.33. The summed E-state index contributed by atoms with van der Waals surface area (Å²) in [6.45, 7) is 1.60. The lowest BCUT2D eigenvalue weighted by Crippen LogP contribution is -2.41. The van der Waals surface area contributed by atoms with Gasteiger partial charge in [-0.15, -0.1) is 11.3 Å². The van der Waals surface area contributed by atoms with Crippen LogP contribution in [0.1, 0.15) is 9.67 Å². The van der Waals surface area contributed by atoms with Gasteiger partial charge in [0.2, 0.25) is 0 Å². The van der Waals surface area contributed by atoms with Crippen LogP contribution in [0, 0.1) is 0 Å². The SMILES string of the molecule is O=C1COCCN1c1ccc(N2C[C@H]([13CH2]N[13C](=O)[13c]3[13cH][13cH][13c](Cl)s3)OC2=O)cc1. The predicted molar refractivity (Wildman–Crippen MR) is 109 cm³/mol. The Morgan fingerprint density at radius 2 is 1.86 bits per heavy atom. The largest absolute Gasteiger partial charge is 0.442 e. The first-order valence-corrected chi connectivity index (χ1v) is 10.2. The Morgan fingerprint density at radius 3 is 2.52 bits per heavy atom. The second-order valence-electron chi connectivity index (χ2n) is 6.54. The minimum atomic E-state index is -0.474. The zero-order valence-electron chi connectivity index (χ0n) is 15.3. The highest BCUT2D eigenvalue weighted by molar-refractivity contribution is 7.18. The van der Waals surface area contributed by atoms with E-state index in [1.807, 2.05) is 0 Å². The Kier molecular flexibility index (Phi) is 5.70. The molecule has 2 saturated heterocycles. The van der Waals surface area contributed by atoms with E-state index in [1.165, 1.54) is 16.2 Å². The van der Waals surface area contributed by atoms with Crippen LogP contribution in [0.2, 0.25) is 4.34 Å². The molecule has 4 rings (SSSR count). The molecule has 1 atom stereocenters. The molecule has 0 aliphatic carbocycles. The molecule has 152 valence electrons. The Morgan fingerprint density at radius 1 is 1.14 bits per heavy atom. The van der Waals surface area contributed by atoms with E-state index in [2.05, 4.69) is 5.32 Å². The molecular formula is C19H18ClN3O5S. The fraction of sp³-hybridized carbons (Fsp3) is 0.316. The minimum Gasteiger partial charge on any atom is -0.442 e. The average Bonchev–Trinajstić information content (AvgIpc) is 3.32. The molecule has 2 aromatic rings. The van der Waals surface area contributed by atoms with Crippen LogP contribution in [0.15, 0.2) is 36.4 Å². The molecule has 0 unspecified atom stereocenters. The lowest BCUT2D eigenvalue weighted by atomic mass is 10.2. The smallest absolute Gasteiger partial charge is 0.414 e. The number of nitrogens with one attached hydrogen (secondary N) is 1. The summed E-state index contributed by atoms with van der Waals surface area (Å²) in [5.41, 5.74) is 1.42. The van der Waals surface area contributed by atoms with E-state index in [4.69, 9.17) is 21.1 Å². The number of nitrogens with zero attached hydrogens (tertiary/aromatic N) is 2. The number of ether oxygens (including phenoxy) is 2. The number of hydrogen-bond acceptors (Lipinski definition) is 6. The molecule has 2 aliphatic heterocycles. The van der Waals surface area contributed by atoms with Gasteiger partial charge in [-0.2, -0.15) is 0 Å². The molecule has 3 heterocycles. The van der Waals surface area contributed by atoms with Crippen LogP contribution >= 0.6 is 22.9 Å². The second kappa shape index (κ2) is 8.40. The average molecular weight is 442 g/mol. The van der Waals surface area contributed by atoms with Crippen molar-refractivity contribution in [3.8, 4) is 0 Å². The molecule has 3 amide bonds. The third kappa shape index (κ3) is 4.36. The molecule has 0 spiro atoms. The van der Waals surface area contributed by atoms with Crippen LogP contribution in [0.5, 0.6) is 0 Å². The zero-order chi connectivity index (χ0) is 20.4. The molecule has 2 fully saturated rings. The number of anilines is 2. The molecule has 10 heteroatoms. The van der Waals surface area contributed by atoms with Crippen LogP contribution in [-0.2, 0) is 14.3 Å². The summed E-state index contributed by atoms with van der Waals surface area (Å²) in [6.07, 6.45) is -0.930.